The van der Waals surface area contributed by atoms with Crippen LogP contribution in [0.4, 0.5) is 68.2 Å². The topological polar surface area (TPSA) is 39.0 Å². The van der Waals surface area contributed by atoms with Gasteiger partial charge in [0.1, 0.15) is 5.58 Å². The lowest BCUT2D eigenvalue weighted by molar-refractivity contribution is 0.651. The van der Waals surface area contributed by atoms with Crippen LogP contribution >= 0.6 is 0 Å². The Morgan fingerprint density at radius 2 is 0.857 bits per heavy atom. The molecule has 0 amide bonds. The quantitative estimate of drug-likeness (QED) is 0.165. The Hall–Kier alpha value is -8.22. The molecule has 0 saturated carbocycles. The van der Waals surface area contributed by atoms with Crippen LogP contribution in [-0.4, -0.2) is 18.4 Å². The molecule has 8 aromatic carbocycles. The molecule has 0 atom stereocenters. The van der Waals surface area contributed by atoms with E-state index in [1.165, 1.54) is 33.0 Å². The second kappa shape index (κ2) is 13.1. The summed E-state index contributed by atoms with van der Waals surface area (Å²) in [5.74, 6) is 0. The maximum Gasteiger partial charge on any atom is 0.297 e. The number of furan rings is 1. The molecule has 0 N–H and O–H groups in total. The third-order valence-electron chi connectivity index (χ3n) is 13.5. The van der Waals surface area contributed by atoms with E-state index in [9.17, 15) is 0 Å². The summed E-state index contributed by atoms with van der Waals surface area (Å²) in [4.78, 5) is 14.4. The van der Waals surface area contributed by atoms with Crippen molar-refractivity contribution in [3.8, 4) is 0 Å². The average molecular weight is 804 g/mol. The zero-order valence-corrected chi connectivity index (χ0v) is 34.0. The van der Waals surface area contributed by atoms with Gasteiger partial charge in [-0.1, -0.05) is 103 Å². The number of anilines is 12. The van der Waals surface area contributed by atoms with E-state index in [1.807, 2.05) is 18.5 Å². The summed E-state index contributed by atoms with van der Waals surface area (Å²) in [6, 6.07) is 72.7. The fourth-order valence-corrected chi connectivity index (χ4v) is 11.1. The first-order valence-corrected chi connectivity index (χ1v) is 21.6. The number of rotatable bonds is 4. The average Bonchev–Trinajstić information content (AvgIpc) is 3.73. The second-order valence-corrected chi connectivity index (χ2v) is 16.7. The van der Waals surface area contributed by atoms with Crippen LogP contribution in [-0.2, 0) is 0 Å². The summed E-state index contributed by atoms with van der Waals surface area (Å²) < 4.78 is 7.20. The number of benzene rings is 8. The molecule has 292 valence electrons. The molecule has 0 unspecified atom stereocenters. The number of nitrogens with zero attached hydrogens (tertiary/aromatic N) is 5. The highest BCUT2D eigenvalue weighted by molar-refractivity contribution is 7.03. The van der Waals surface area contributed by atoms with Crippen LogP contribution in [0.1, 0.15) is 0 Å². The molecule has 6 heterocycles. The van der Waals surface area contributed by atoms with E-state index in [2.05, 4.69) is 219 Å². The summed E-state index contributed by atoms with van der Waals surface area (Å²) in [6.07, 6.45) is 3.82. The van der Waals surface area contributed by atoms with Gasteiger partial charge in [0.15, 0.2) is 0 Å². The number of aromatic nitrogens is 1. The molecule has 0 fully saturated rings. The highest BCUT2D eigenvalue weighted by atomic mass is 16.3. The number of hydrogen-bond acceptors (Lipinski definition) is 6. The first-order chi connectivity index (χ1) is 31.3. The van der Waals surface area contributed by atoms with Gasteiger partial charge in [0.2, 0.25) is 0 Å². The maximum absolute atomic E-state index is 7.20. The fourth-order valence-electron chi connectivity index (χ4n) is 11.1. The molecule has 2 aromatic heterocycles. The largest absolute Gasteiger partial charge is 0.468 e. The molecule has 4 aliphatic rings. The van der Waals surface area contributed by atoms with E-state index in [0.717, 1.165) is 79.2 Å². The SMILES string of the molecule is c1ccc(N2c3cc4c(cc3B3c5ccccc5N(c5cccnc5)c5cccc2c53)B2c3oc5ccccc5c3N(c3ccccc3)c3cccc(c32)N4c2ccccc2)cc1. The smallest absolute Gasteiger partial charge is 0.297 e. The van der Waals surface area contributed by atoms with E-state index in [4.69, 9.17) is 4.42 Å². The van der Waals surface area contributed by atoms with Crippen molar-refractivity contribution < 1.29 is 4.42 Å². The van der Waals surface area contributed by atoms with Gasteiger partial charge in [0.25, 0.3) is 13.4 Å². The summed E-state index contributed by atoms with van der Waals surface area (Å²) in [5.41, 5.74) is 21.6. The first kappa shape index (κ1) is 34.5. The van der Waals surface area contributed by atoms with Crippen molar-refractivity contribution in [2.75, 3.05) is 19.6 Å². The van der Waals surface area contributed by atoms with Crippen LogP contribution in [0.15, 0.2) is 217 Å². The Bertz CT molecular complexity index is 3450. The van der Waals surface area contributed by atoms with E-state index in [-0.39, 0.29) is 13.4 Å². The number of fused-ring (bicyclic) bond motifs is 10. The molecule has 10 aromatic rings. The lowest BCUT2D eigenvalue weighted by Gasteiger charge is -2.46. The molecular formula is C55H35B2N5O. The lowest BCUT2D eigenvalue weighted by Crippen LogP contribution is -2.65. The molecule has 0 radical (unpaired) electrons. The number of para-hydroxylation sites is 5. The monoisotopic (exact) mass is 803 g/mol. The van der Waals surface area contributed by atoms with E-state index in [1.54, 1.807) is 0 Å². The van der Waals surface area contributed by atoms with Gasteiger partial charge in [-0.25, -0.2) is 0 Å². The standard InChI is InChI=1S/C55H35B2N5O/c1-4-17-36(18-5-1)59-45-27-14-28-46-52(45)56(41-25-11-12-26-44(41)61(46)39-23-16-32-58-35-39)42-33-43-50(34-49(42)59)60(37-19-6-2-7-20-37)47-29-15-30-48-53(47)57(43)55-54(40-24-10-13-31-51(40)63-55)62(48)38-21-8-3-9-22-38/h1-35H. The summed E-state index contributed by atoms with van der Waals surface area (Å²) >= 11 is 0. The maximum atomic E-state index is 7.20. The molecule has 0 aliphatic carbocycles. The van der Waals surface area contributed by atoms with Crippen LogP contribution in [0.5, 0.6) is 0 Å². The zero-order valence-electron chi connectivity index (χ0n) is 34.0. The number of hydrogen-bond donors (Lipinski definition) is 0. The minimum absolute atomic E-state index is 0.0537. The van der Waals surface area contributed by atoms with Crippen LogP contribution in [0.2, 0.25) is 0 Å². The van der Waals surface area contributed by atoms with Crippen molar-refractivity contribution in [1.29, 1.82) is 0 Å². The number of pyridine rings is 1. The van der Waals surface area contributed by atoms with Gasteiger partial charge in [-0.15, -0.1) is 0 Å². The van der Waals surface area contributed by atoms with E-state index < -0.39 is 0 Å². The predicted octanol–water partition coefficient (Wildman–Crippen LogP) is 9.99. The Morgan fingerprint density at radius 1 is 0.365 bits per heavy atom. The summed E-state index contributed by atoms with van der Waals surface area (Å²) in [5, 5.41) is 1.10. The molecule has 14 rings (SSSR count). The van der Waals surface area contributed by atoms with Gasteiger partial charge in [0.05, 0.1) is 23.2 Å². The fraction of sp³-hybridized carbons (Fsp3) is 0. The van der Waals surface area contributed by atoms with Crippen molar-refractivity contribution >= 4 is 126 Å². The summed E-state index contributed by atoms with van der Waals surface area (Å²) in [6.45, 7) is -0.242. The molecule has 8 heteroatoms. The van der Waals surface area contributed by atoms with Gasteiger partial charge in [-0.05, 0) is 124 Å². The highest BCUT2D eigenvalue weighted by Gasteiger charge is 2.49. The van der Waals surface area contributed by atoms with Gasteiger partial charge < -0.3 is 24.0 Å². The predicted molar refractivity (Wildman–Crippen MR) is 262 cm³/mol. The zero-order chi connectivity index (χ0) is 41.2. The molecular weight excluding hydrogens is 768 g/mol. The van der Waals surface area contributed by atoms with Crippen molar-refractivity contribution in [2.45, 2.75) is 0 Å². The molecule has 63 heavy (non-hydrogen) atoms. The van der Waals surface area contributed by atoms with Crippen LogP contribution in [0.3, 0.4) is 0 Å². The summed E-state index contributed by atoms with van der Waals surface area (Å²) in [7, 11) is 0. The van der Waals surface area contributed by atoms with E-state index >= 15 is 0 Å². The minimum Gasteiger partial charge on any atom is -0.468 e. The van der Waals surface area contributed by atoms with Crippen molar-refractivity contribution in [2.24, 2.45) is 0 Å². The highest BCUT2D eigenvalue weighted by Crippen LogP contribution is 2.49. The Labute approximate surface area is 365 Å². The normalized spacial score (nSPS) is 13.8. The third-order valence-corrected chi connectivity index (χ3v) is 13.5. The molecule has 6 nitrogen and oxygen atoms in total. The van der Waals surface area contributed by atoms with Gasteiger partial charge >= 0.3 is 0 Å². The molecule has 0 spiro atoms. The Balaban J connectivity index is 1.11. The minimum atomic E-state index is -0.189. The van der Waals surface area contributed by atoms with Crippen LogP contribution in [0.25, 0.3) is 11.0 Å². The third kappa shape index (κ3) is 4.77. The molecule has 0 bridgehead atoms. The molecule has 4 aliphatic heterocycles. The molecule has 0 saturated heterocycles. The van der Waals surface area contributed by atoms with Crippen molar-refractivity contribution in [3.05, 3.63) is 213 Å². The Morgan fingerprint density at radius 3 is 1.49 bits per heavy atom. The lowest BCUT2D eigenvalue weighted by atomic mass is 9.31. The van der Waals surface area contributed by atoms with Crippen molar-refractivity contribution in [1.82, 2.24) is 4.98 Å². The van der Waals surface area contributed by atoms with Gasteiger partial charge in [-0.2, -0.15) is 0 Å². The van der Waals surface area contributed by atoms with Crippen LogP contribution < -0.4 is 52.6 Å². The first-order valence-electron chi connectivity index (χ1n) is 21.6. The Kier molecular flexibility index (Phi) is 7.19. The second-order valence-electron chi connectivity index (χ2n) is 16.7. The van der Waals surface area contributed by atoms with Gasteiger partial charge in [0, 0.05) is 68.5 Å². The van der Waals surface area contributed by atoms with Crippen LogP contribution in [0, 0.1) is 0 Å². The van der Waals surface area contributed by atoms with E-state index in [0.29, 0.717) is 0 Å². The van der Waals surface area contributed by atoms with Gasteiger partial charge in [-0.3, -0.25) is 4.98 Å². The van der Waals surface area contributed by atoms with Crippen molar-refractivity contribution in [3.63, 3.8) is 0 Å².